The lowest BCUT2D eigenvalue weighted by Crippen LogP contribution is -2.59. The van der Waals surface area contributed by atoms with Gasteiger partial charge in [0.1, 0.15) is 5.54 Å². The average molecular weight is 272 g/mol. The van der Waals surface area contributed by atoms with Gasteiger partial charge in [0.2, 0.25) is 0 Å². The zero-order valence-corrected chi connectivity index (χ0v) is 12.5. The number of carbonyl (C=O) groups is 1. The summed E-state index contributed by atoms with van der Waals surface area (Å²) in [7, 11) is 1.67. The predicted molar refractivity (Wildman–Crippen MR) is 75.2 cm³/mol. The van der Waals surface area contributed by atoms with Crippen LogP contribution in [0.5, 0.6) is 0 Å². The molecule has 0 unspecified atom stereocenters. The zero-order chi connectivity index (χ0) is 14.1. The molecule has 0 amide bonds. The third-order valence-corrected chi connectivity index (χ3v) is 3.69. The summed E-state index contributed by atoms with van der Waals surface area (Å²) >= 11 is 0. The number of ether oxygens (including phenoxy) is 2. The number of methoxy groups -OCH3 is 1. The number of likely N-dealkylation sites (tertiary alicyclic amines) is 1. The molecule has 19 heavy (non-hydrogen) atoms. The van der Waals surface area contributed by atoms with E-state index in [9.17, 15) is 4.79 Å². The SMILES string of the molecule is CCCN1CCC(NCCOC)(C(=O)OCC)CC1. The Morgan fingerprint density at radius 3 is 2.53 bits per heavy atom. The number of hydrogen-bond acceptors (Lipinski definition) is 5. The first-order chi connectivity index (χ1) is 9.18. The van der Waals surface area contributed by atoms with Crippen molar-refractivity contribution in [2.45, 2.75) is 38.6 Å². The van der Waals surface area contributed by atoms with Gasteiger partial charge in [0.05, 0.1) is 13.2 Å². The first kappa shape index (κ1) is 16.4. The lowest BCUT2D eigenvalue weighted by Gasteiger charge is -2.40. The summed E-state index contributed by atoms with van der Waals surface area (Å²) in [6, 6.07) is 0. The Kier molecular flexibility index (Phi) is 7.34. The molecule has 0 aliphatic carbocycles. The minimum absolute atomic E-state index is 0.109. The summed E-state index contributed by atoms with van der Waals surface area (Å²) in [5, 5.41) is 3.36. The van der Waals surface area contributed by atoms with Crippen molar-refractivity contribution in [1.82, 2.24) is 10.2 Å². The van der Waals surface area contributed by atoms with Crippen LogP contribution in [0.25, 0.3) is 0 Å². The maximum atomic E-state index is 12.2. The van der Waals surface area contributed by atoms with Crippen molar-refractivity contribution in [3.8, 4) is 0 Å². The molecular formula is C14H28N2O3. The van der Waals surface area contributed by atoms with Gasteiger partial charge in [-0.05, 0) is 32.7 Å². The highest BCUT2D eigenvalue weighted by molar-refractivity contribution is 5.81. The number of piperidine rings is 1. The van der Waals surface area contributed by atoms with Gasteiger partial charge in [-0.2, -0.15) is 0 Å². The molecule has 1 saturated heterocycles. The lowest BCUT2D eigenvalue weighted by atomic mass is 9.87. The molecule has 0 radical (unpaired) electrons. The highest BCUT2D eigenvalue weighted by atomic mass is 16.5. The van der Waals surface area contributed by atoms with E-state index in [1.807, 2.05) is 6.92 Å². The van der Waals surface area contributed by atoms with Gasteiger partial charge in [-0.25, -0.2) is 0 Å². The van der Waals surface area contributed by atoms with E-state index in [2.05, 4.69) is 17.1 Å². The first-order valence-corrected chi connectivity index (χ1v) is 7.32. The predicted octanol–water partition coefficient (Wildman–Crippen LogP) is 1.03. The minimum atomic E-state index is -0.515. The van der Waals surface area contributed by atoms with Gasteiger partial charge in [-0.3, -0.25) is 10.1 Å². The Morgan fingerprint density at radius 1 is 1.32 bits per heavy atom. The van der Waals surface area contributed by atoms with Crippen molar-refractivity contribution in [3.05, 3.63) is 0 Å². The summed E-state index contributed by atoms with van der Waals surface area (Å²) < 4.78 is 10.3. The normalized spacial score (nSPS) is 19.3. The van der Waals surface area contributed by atoms with Crippen LogP contribution in [0, 0.1) is 0 Å². The standard InChI is InChI=1S/C14H28N2O3/c1-4-9-16-10-6-14(7-11-16,13(17)19-5-2)15-8-12-18-3/h15H,4-12H2,1-3H3. The quantitative estimate of drug-likeness (QED) is 0.528. The van der Waals surface area contributed by atoms with Crippen LogP contribution < -0.4 is 5.32 Å². The molecule has 1 heterocycles. The zero-order valence-electron chi connectivity index (χ0n) is 12.5. The van der Waals surface area contributed by atoms with Gasteiger partial charge >= 0.3 is 5.97 Å². The van der Waals surface area contributed by atoms with E-state index in [0.717, 1.165) is 38.9 Å². The molecule has 0 atom stereocenters. The van der Waals surface area contributed by atoms with Gasteiger partial charge in [0.15, 0.2) is 0 Å². The van der Waals surface area contributed by atoms with Crippen molar-refractivity contribution in [2.24, 2.45) is 0 Å². The topological polar surface area (TPSA) is 50.8 Å². The Hall–Kier alpha value is -0.650. The van der Waals surface area contributed by atoms with Crippen LogP contribution in [0.4, 0.5) is 0 Å². The van der Waals surface area contributed by atoms with Crippen LogP contribution in [0.1, 0.15) is 33.1 Å². The second-order valence-corrected chi connectivity index (χ2v) is 5.06. The number of hydrogen-bond donors (Lipinski definition) is 1. The molecule has 1 rings (SSSR count). The van der Waals surface area contributed by atoms with Gasteiger partial charge in [0.25, 0.3) is 0 Å². The van der Waals surface area contributed by atoms with E-state index in [1.165, 1.54) is 0 Å². The minimum Gasteiger partial charge on any atom is -0.465 e. The Balaban J connectivity index is 2.58. The first-order valence-electron chi connectivity index (χ1n) is 7.32. The summed E-state index contributed by atoms with van der Waals surface area (Å²) in [5.74, 6) is -0.109. The van der Waals surface area contributed by atoms with E-state index >= 15 is 0 Å². The molecule has 0 spiro atoms. The molecule has 0 aromatic heterocycles. The molecule has 5 nitrogen and oxygen atoms in total. The summed E-state index contributed by atoms with van der Waals surface area (Å²) in [6.45, 7) is 8.78. The molecule has 0 aromatic rings. The largest absolute Gasteiger partial charge is 0.465 e. The molecule has 1 fully saturated rings. The van der Waals surface area contributed by atoms with Crippen LogP contribution >= 0.6 is 0 Å². The number of nitrogens with one attached hydrogen (secondary N) is 1. The van der Waals surface area contributed by atoms with Crippen LogP contribution in [0.2, 0.25) is 0 Å². The molecule has 1 N–H and O–H groups in total. The fourth-order valence-corrected chi connectivity index (χ4v) is 2.59. The molecule has 5 heteroatoms. The maximum absolute atomic E-state index is 12.2. The van der Waals surface area contributed by atoms with Gasteiger partial charge in [-0.15, -0.1) is 0 Å². The Morgan fingerprint density at radius 2 is 2.00 bits per heavy atom. The molecule has 0 bridgehead atoms. The molecule has 112 valence electrons. The van der Waals surface area contributed by atoms with Gasteiger partial charge in [-0.1, -0.05) is 6.92 Å². The summed E-state index contributed by atoms with van der Waals surface area (Å²) in [5.41, 5.74) is -0.515. The number of nitrogens with zero attached hydrogens (tertiary/aromatic N) is 1. The van der Waals surface area contributed by atoms with E-state index < -0.39 is 5.54 Å². The van der Waals surface area contributed by atoms with Crippen LogP contribution in [-0.4, -0.2) is 62.9 Å². The molecule has 0 saturated carbocycles. The smallest absolute Gasteiger partial charge is 0.326 e. The number of carbonyl (C=O) groups excluding carboxylic acids is 1. The van der Waals surface area contributed by atoms with Gasteiger partial charge < -0.3 is 14.4 Å². The van der Waals surface area contributed by atoms with Crippen molar-refractivity contribution in [1.29, 1.82) is 0 Å². The number of rotatable bonds is 8. The molecule has 0 aromatic carbocycles. The highest BCUT2D eigenvalue weighted by Crippen LogP contribution is 2.24. The third kappa shape index (κ3) is 4.75. The average Bonchev–Trinajstić information content (AvgIpc) is 2.42. The monoisotopic (exact) mass is 272 g/mol. The van der Waals surface area contributed by atoms with E-state index in [-0.39, 0.29) is 5.97 Å². The highest BCUT2D eigenvalue weighted by Gasteiger charge is 2.41. The number of esters is 1. The fraction of sp³-hybridized carbons (Fsp3) is 0.929. The summed E-state index contributed by atoms with van der Waals surface area (Å²) in [6.07, 6.45) is 2.79. The fourth-order valence-electron chi connectivity index (χ4n) is 2.59. The molecular weight excluding hydrogens is 244 g/mol. The van der Waals surface area contributed by atoms with Crippen molar-refractivity contribution >= 4 is 5.97 Å². The Bertz CT molecular complexity index is 263. The third-order valence-electron chi connectivity index (χ3n) is 3.69. The van der Waals surface area contributed by atoms with Crippen molar-refractivity contribution in [2.75, 3.05) is 46.5 Å². The van der Waals surface area contributed by atoms with E-state index in [0.29, 0.717) is 19.8 Å². The van der Waals surface area contributed by atoms with Gasteiger partial charge in [0, 0.05) is 26.7 Å². The second kappa shape index (κ2) is 8.51. The molecule has 1 aliphatic heterocycles. The second-order valence-electron chi connectivity index (χ2n) is 5.06. The maximum Gasteiger partial charge on any atom is 0.326 e. The summed E-state index contributed by atoms with van der Waals surface area (Å²) in [4.78, 5) is 14.6. The van der Waals surface area contributed by atoms with E-state index in [4.69, 9.17) is 9.47 Å². The van der Waals surface area contributed by atoms with Crippen LogP contribution in [0.3, 0.4) is 0 Å². The van der Waals surface area contributed by atoms with Crippen molar-refractivity contribution < 1.29 is 14.3 Å². The van der Waals surface area contributed by atoms with Crippen LogP contribution in [0.15, 0.2) is 0 Å². The van der Waals surface area contributed by atoms with E-state index in [1.54, 1.807) is 7.11 Å². The lowest BCUT2D eigenvalue weighted by molar-refractivity contribution is -0.153. The van der Waals surface area contributed by atoms with Crippen molar-refractivity contribution in [3.63, 3.8) is 0 Å². The molecule has 1 aliphatic rings. The van der Waals surface area contributed by atoms with Crippen LogP contribution in [-0.2, 0) is 14.3 Å². The Labute approximate surface area is 116 Å².